The van der Waals surface area contributed by atoms with Crippen LogP contribution in [0.4, 0.5) is 0 Å². The van der Waals surface area contributed by atoms with E-state index in [1.807, 2.05) is 23.4 Å². The molecular weight excluding hydrogens is 428 g/mol. The molecule has 2 fully saturated rings. The molecule has 1 aliphatic carbocycles. The highest BCUT2D eigenvalue weighted by molar-refractivity contribution is 6.30. The molecule has 7 nitrogen and oxygen atoms in total. The molecule has 2 aromatic heterocycles. The number of fused-ring (bicyclic) bond motifs is 1. The molecule has 32 heavy (non-hydrogen) atoms. The average molecular weight is 455 g/mol. The predicted molar refractivity (Wildman–Crippen MR) is 122 cm³/mol. The Kier molecular flexibility index (Phi) is 5.91. The minimum atomic E-state index is 0.221. The van der Waals surface area contributed by atoms with Gasteiger partial charge in [0.05, 0.1) is 25.6 Å². The summed E-state index contributed by atoms with van der Waals surface area (Å²) in [5.74, 6) is 1.90. The van der Waals surface area contributed by atoms with E-state index in [1.54, 1.807) is 13.2 Å². The number of hydrogen-bond donors (Lipinski definition) is 0. The van der Waals surface area contributed by atoms with E-state index in [-0.39, 0.29) is 5.91 Å². The highest BCUT2D eigenvalue weighted by atomic mass is 35.5. The lowest BCUT2D eigenvalue weighted by Crippen LogP contribution is -2.27. The molecule has 1 amide bonds. The fourth-order valence-electron chi connectivity index (χ4n) is 4.37. The average Bonchev–Trinajstić information content (AvgIpc) is 3.45. The topological polar surface area (TPSA) is 69.5 Å². The number of likely N-dealkylation sites (tertiary alicyclic amines) is 1. The maximum atomic E-state index is 12.5. The van der Waals surface area contributed by atoms with E-state index in [0.29, 0.717) is 36.0 Å². The number of carbonyl (C=O) groups excluding carboxylic acids is 1. The van der Waals surface area contributed by atoms with E-state index < -0.39 is 0 Å². The molecule has 1 aliphatic heterocycles. The van der Waals surface area contributed by atoms with Gasteiger partial charge in [-0.3, -0.25) is 4.79 Å². The Morgan fingerprint density at radius 1 is 1.22 bits per heavy atom. The van der Waals surface area contributed by atoms with Crippen molar-refractivity contribution in [3.05, 3.63) is 47.4 Å². The molecule has 3 heterocycles. The normalized spacial score (nSPS) is 18.5. The fraction of sp³-hybridized carbons (Fsp3) is 0.458. The van der Waals surface area contributed by atoms with E-state index in [2.05, 4.69) is 26.7 Å². The number of hydrogen-bond acceptors (Lipinski definition) is 5. The molecule has 0 unspecified atom stereocenters. The summed E-state index contributed by atoms with van der Waals surface area (Å²) in [6.07, 6.45) is 6.38. The highest BCUT2D eigenvalue weighted by Crippen LogP contribution is 2.39. The van der Waals surface area contributed by atoms with Crippen LogP contribution in [0.15, 0.2) is 36.7 Å². The lowest BCUT2D eigenvalue weighted by Gasteiger charge is -2.17. The smallest absolute Gasteiger partial charge is 0.241 e. The summed E-state index contributed by atoms with van der Waals surface area (Å²) in [5.41, 5.74) is 2.93. The molecule has 2 aliphatic rings. The van der Waals surface area contributed by atoms with Crippen LogP contribution in [-0.4, -0.2) is 52.1 Å². The van der Waals surface area contributed by atoms with Crippen LogP contribution in [0.3, 0.4) is 0 Å². The van der Waals surface area contributed by atoms with Gasteiger partial charge in [0.2, 0.25) is 11.8 Å². The molecule has 168 valence electrons. The van der Waals surface area contributed by atoms with Crippen molar-refractivity contribution in [3.8, 4) is 11.6 Å². The molecule has 5 rings (SSSR count). The number of nitrogens with zero attached hydrogens (tertiary/aromatic N) is 4. The molecule has 0 spiro atoms. The number of carbonyl (C=O) groups is 1. The number of halogens is 1. The van der Waals surface area contributed by atoms with Crippen LogP contribution >= 0.6 is 11.6 Å². The third-order valence-corrected chi connectivity index (χ3v) is 6.51. The summed E-state index contributed by atoms with van der Waals surface area (Å²) < 4.78 is 13.4. The first-order valence-corrected chi connectivity index (χ1v) is 11.5. The number of rotatable bonds is 9. The second kappa shape index (κ2) is 8.98. The number of imidazole rings is 1. The SMILES string of the molecule is COc1ccc(CCN2C[C@H](CCOc3nc(Cl)cc4ncn(C5CC5)c34)CC2=O)cc1. The molecule has 1 saturated carbocycles. The lowest BCUT2D eigenvalue weighted by atomic mass is 10.1. The predicted octanol–water partition coefficient (Wildman–Crippen LogP) is 4.29. The summed E-state index contributed by atoms with van der Waals surface area (Å²) in [6.45, 7) is 2.01. The summed E-state index contributed by atoms with van der Waals surface area (Å²) in [6, 6.07) is 10.3. The van der Waals surface area contributed by atoms with Crippen LogP contribution in [-0.2, 0) is 11.2 Å². The first-order chi connectivity index (χ1) is 15.6. The third kappa shape index (κ3) is 4.53. The first kappa shape index (κ1) is 21.1. The minimum Gasteiger partial charge on any atom is -0.497 e. The summed E-state index contributed by atoms with van der Waals surface area (Å²) in [4.78, 5) is 23.3. The van der Waals surface area contributed by atoms with Gasteiger partial charge < -0.3 is 18.9 Å². The number of benzene rings is 1. The molecule has 1 saturated heterocycles. The van der Waals surface area contributed by atoms with Crippen molar-refractivity contribution in [2.45, 2.75) is 38.1 Å². The Bertz CT molecular complexity index is 1110. The van der Waals surface area contributed by atoms with Gasteiger partial charge in [-0.25, -0.2) is 4.98 Å². The molecule has 8 heteroatoms. The van der Waals surface area contributed by atoms with Crippen LogP contribution in [0.1, 0.15) is 37.3 Å². The molecule has 3 aromatic rings. The number of methoxy groups -OCH3 is 1. The van der Waals surface area contributed by atoms with Crippen molar-refractivity contribution in [2.75, 3.05) is 26.8 Å². The van der Waals surface area contributed by atoms with Crippen molar-refractivity contribution >= 4 is 28.5 Å². The van der Waals surface area contributed by atoms with Gasteiger partial charge in [0, 0.05) is 31.6 Å². The van der Waals surface area contributed by atoms with Crippen molar-refractivity contribution in [1.29, 1.82) is 0 Å². The Labute approximate surface area is 192 Å². The molecule has 0 N–H and O–H groups in total. The fourth-order valence-corrected chi connectivity index (χ4v) is 4.55. The number of amides is 1. The quantitative estimate of drug-likeness (QED) is 0.451. The van der Waals surface area contributed by atoms with Gasteiger partial charge in [-0.05, 0) is 49.3 Å². The van der Waals surface area contributed by atoms with Gasteiger partial charge in [-0.15, -0.1) is 0 Å². The number of ether oxygens (including phenoxy) is 2. The van der Waals surface area contributed by atoms with Crippen molar-refractivity contribution in [3.63, 3.8) is 0 Å². The lowest BCUT2D eigenvalue weighted by molar-refractivity contribution is -0.127. The third-order valence-electron chi connectivity index (χ3n) is 6.32. The molecule has 0 radical (unpaired) electrons. The van der Waals surface area contributed by atoms with Gasteiger partial charge in [0.1, 0.15) is 16.4 Å². The molecule has 1 aromatic carbocycles. The van der Waals surface area contributed by atoms with Crippen LogP contribution in [0.2, 0.25) is 5.15 Å². The van der Waals surface area contributed by atoms with E-state index in [4.69, 9.17) is 21.1 Å². The molecule has 1 atom stereocenters. The Balaban J connectivity index is 1.15. The monoisotopic (exact) mass is 454 g/mol. The molecular formula is C24H27ClN4O3. The Hall–Kier alpha value is -2.80. The van der Waals surface area contributed by atoms with Crippen molar-refractivity contribution in [2.24, 2.45) is 5.92 Å². The largest absolute Gasteiger partial charge is 0.497 e. The summed E-state index contributed by atoms with van der Waals surface area (Å²) in [5, 5.41) is 0.384. The molecule has 0 bridgehead atoms. The van der Waals surface area contributed by atoms with Crippen molar-refractivity contribution < 1.29 is 14.3 Å². The summed E-state index contributed by atoms with van der Waals surface area (Å²) in [7, 11) is 1.66. The van der Waals surface area contributed by atoms with Gasteiger partial charge in [0.15, 0.2) is 0 Å². The van der Waals surface area contributed by atoms with Crippen LogP contribution < -0.4 is 9.47 Å². The van der Waals surface area contributed by atoms with Crippen LogP contribution in [0.25, 0.3) is 11.0 Å². The summed E-state index contributed by atoms with van der Waals surface area (Å²) >= 11 is 6.18. The van der Waals surface area contributed by atoms with Crippen LogP contribution in [0, 0.1) is 5.92 Å². The van der Waals surface area contributed by atoms with Gasteiger partial charge in [-0.2, -0.15) is 4.98 Å². The first-order valence-electron chi connectivity index (χ1n) is 11.2. The van der Waals surface area contributed by atoms with E-state index in [0.717, 1.165) is 55.6 Å². The maximum absolute atomic E-state index is 12.5. The van der Waals surface area contributed by atoms with Crippen LogP contribution in [0.5, 0.6) is 11.6 Å². The van der Waals surface area contributed by atoms with E-state index >= 15 is 0 Å². The Morgan fingerprint density at radius 3 is 2.78 bits per heavy atom. The Morgan fingerprint density at radius 2 is 2.03 bits per heavy atom. The number of pyridine rings is 1. The standard InChI is InChI=1S/C24H27ClN4O3/c1-31-19-6-2-16(3-7-19)8-10-28-14-17(12-22(28)30)9-11-32-24-23-20(13-21(25)27-24)26-15-29(23)18-4-5-18/h2-3,6-7,13,15,17-18H,4-5,8-12,14H2,1H3/t17-/m1/s1. The van der Waals surface area contributed by atoms with E-state index in [9.17, 15) is 4.79 Å². The zero-order valence-corrected chi connectivity index (χ0v) is 18.9. The van der Waals surface area contributed by atoms with Crippen molar-refractivity contribution in [1.82, 2.24) is 19.4 Å². The minimum absolute atomic E-state index is 0.221. The number of aromatic nitrogens is 3. The second-order valence-electron chi connectivity index (χ2n) is 8.65. The highest BCUT2D eigenvalue weighted by Gasteiger charge is 2.30. The zero-order chi connectivity index (χ0) is 22.1. The van der Waals surface area contributed by atoms with Gasteiger partial charge in [0.25, 0.3) is 0 Å². The second-order valence-corrected chi connectivity index (χ2v) is 9.03. The zero-order valence-electron chi connectivity index (χ0n) is 18.2. The van der Waals surface area contributed by atoms with Gasteiger partial charge in [-0.1, -0.05) is 23.7 Å². The van der Waals surface area contributed by atoms with Gasteiger partial charge >= 0.3 is 0 Å². The van der Waals surface area contributed by atoms with E-state index in [1.165, 1.54) is 5.56 Å². The maximum Gasteiger partial charge on any atom is 0.241 e.